The van der Waals surface area contributed by atoms with Crippen molar-refractivity contribution in [1.82, 2.24) is 0 Å². The number of aliphatic imine (C=N–C) groups is 1. The highest BCUT2D eigenvalue weighted by Crippen LogP contribution is 2.18. The Kier molecular flexibility index (Phi) is 5.78. The van der Waals surface area contributed by atoms with Gasteiger partial charge in [-0.15, -0.1) is 0 Å². The van der Waals surface area contributed by atoms with Crippen LogP contribution >= 0.6 is 0 Å². The van der Waals surface area contributed by atoms with Gasteiger partial charge in [0, 0.05) is 11.9 Å². The van der Waals surface area contributed by atoms with E-state index in [1.165, 1.54) is 0 Å². The first kappa shape index (κ1) is 17.4. The van der Waals surface area contributed by atoms with Gasteiger partial charge in [-0.05, 0) is 48.4 Å². The molecule has 0 fully saturated rings. The number of carbonyl (C=O) groups is 1. The average Bonchev–Trinajstić information content (AvgIpc) is 2.67. The molecule has 0 aromatic heterocycles. The summed E-state index contributed by atoms with van der Waals surface area (Å²) in [6.45, 7) is 1.98. The van der Waals surface area contributed by atoms with Crippen molar-refractivity contribution in [1.29, 1.82) is 0 Å². The van der Waals surface area contributed by atoms with Crippen LogP contribution in [-0.4, -0.2) is 18.7 Å². The third kappa shape index (κ3) is 5.05. The first-order chi connectivity index (χ1) is 12.7. The van der Waals surface area contributed by atoms with Crippen LogP contribution in [0.5, 0.6) is 5.75 Å². The molecule has 1 amide bonds. The molecule has 0 spiro atoms. The molecule has 0 radical (unpaired) electrons. The minimum Gasteiger partial charge on any atom is -0.484 e. The van der Waals surface area contributed by atoms with Crippen molar-refractivity contribution in [2.24, 2.45) is 4.99 Å². The van der Waals surface area contributed by atoms with E-state index < -0.39 is 0 Å². The fourth-order valence-corrected chi connectivity index (χ4v) is 2.40. The Hall–Kier alpha value is -3.40. The molecule has 0 saturated heterocycles. The minimum atomic E-state index is -0.199. The van der Waals surface area contributed by atoms with E-state index in [1.807, 2.05) is 85.8 Å². The highest BCUT2D eigenvalue weighted by molar-refractivity contribution is 5.91. The van der Waals surface area contributed by atoms with Gasteiger partial charge in [0.15, 0.2) is 6.61 Å². The number of aryl methyl sites for hydroxylation is 1. The Morgan fingerprint density at radius 1 is 1.00 bits per heavy atom. The SMILES string of the molecule is Cc1ccccc1N=Cc1cccc(OCC(=O)Nc2ccccc2)c1. The number of nitrogens with zero attached hydrogens (tertiary/aromatic N) is 1. The van der Waals surface area contributed by atoms with E-state index in [4.69, 9.17) is 4.74 Å². The van der Waals surface area contributed by atoms with Gasteiger partial charge in [-0.1, -0.05) is 48.5 Å². The van der Waals surface area contributed by atoms with Crippen LogP contribution in [0.2, 0.25) is 0 Å². The number of hydrogen-bond acceptors (Lipinski definition) is 3. The average molecular weight is 344 g/mol. The maximum Gasteiger partial charge on any atom is 0.262 e. The Labute approximate surface area is 153 Å². The number of rotatable bonds is 6. The third-order valence-corrected chi connectivity index (χ3v) is 3.75. The summed E-state index contributed by atoms with van der Waals surface area (Å²) in [4.78, 5) is 16.5. The highest BCUT2D eigenvalue weighted by atomic mass is 16.5. The fourth-order valence-electron chi connectivity index (χ4n) is 2.40. The van der Waals surface area contributed by atoms with Gasteiger partial charge in [0.1, 0.15) is 5.75 Å². The van der Waals surface area contributed by atoms with Crippen LogP contribution in [-0.2, 0) is 4.79 Å². The van der Waals surface area contributed by atoms with Gasteiger partial charge < -0.3 is 10.1 Å². The summed E-state index contributed by atoms with van der Waals surface area (Å²) in [6, 6.07) is 24.8. The molecule has 0 heterocycles. The van der Waals surface area contributed by atoms with Crippen molar-refractivity contribution in [2.75, 3.05) is 11.9 Å². The number of amides is 1. The maximum atomic E-state index is 12.0. The number of nitrogens with one attached hydrogen (secondary N) is 1. The molecule has 0 aliphatic carbocycles. The monoisotopic (exact) mass is 344 g/mol. The Bertz CT molecular complexity index is 905. The molecule has 1 N–H and O–H groups in total. The second-order valence-electron chi connectivity index (χ2n) is 5.82. The van der Waals surface area contributed by atoms with Gasteiger partial charge in [0.05, 0.1) is 5.69 Å². The zero-order valence-corrected chi connectivity index (χ0v) is 14.6. The second kappa shape index (κ2) is 8.62. The lowest BCUT2D eigenvalue weighted by Crippen LogP contribution is -2.20. The van der Waals surface area contributed by atoms with Crippen LogP contribution < -0.4 is 10.1 Å². The molecule has 3 aromatic carbocycles. The van der Waals surface area contributed by atoms with E-state index in [0.717, 1.165) is 22.5 Å². The van der Waals surface area contributed by atoms with Crippen LogP contribution in [0.1, 0.15) is 11.1 Å². The molecular formula is C22H20N2O2. The molecule has 0 unspecified atom stereocenters. The van der Waals surface area contributed by atoms with Crippen LogP contribution in [0.3, 0.4) is 0 Å². The third-order valence-electron chi connectivity index (χ3n) is 3.75. The van der Waals surface area contributed by atoms with Crippen molar-refractivity contribution < 1.29 is 9.53 Å². The largest absolute Gasteiger partial charge is 0.484 e. The zero-order chi connectivity index (χ0) is 18.2. The van der Waals surface area contributed by atoms with Gasteiger partial charge in [0.25, 0.3) is 5.91 Å². The minimum absolute atomic E-state index is 0.0483. The van der Waals surface area contributed by atoms with Crippen LogP contribution in [0, 0.1) is 6.92 Å². The van der Waals surface area contributed by atoms with E-state index in [9.17, 15) is 4.79 Å². The van der Waals surface area contributed by atoms with Crippen molar-refractivity contribution in [3.05, 3.63) is 90.0 Å². The first-order valence-electron chi connectivity index (χ1n) is 8.38. The maximum absolute atomic E-state index is 12.0. The lowest BCUT2D eigenvalue weighted by atomic mass is 10.2. The summed E-state index contributed by atoms with van der Waals surface area (Å²) < 4.78 is 5.58. The van der Waals surface area contributed by atoms with E-state index in [2.05, 4.69) is 10.3 Å². The number of hydrogen-bond donors (Lipinski definition) is 1. The second-order valence-corrected chi connectivity index (χ2v) is 5.82. The van der Waals surface area contributed by atoms with Crippen LogP contribution in [0.4, 0.5) is 11.4 Å². The summed E-state index contributed by atoms with van der Waals surface area (Å²) in [5, 5.41) is 2.79. The van der Waals surface area contributed by atoms with Gasteiger partial charge >= 0.3 is 0 Å². The van der Waals surface area contributed by atoms with Gasteiger partial charge in [0.2, 0.25) is 0 Å². The first-order valence-corrected chi connectivity index (χ1v) is 8.38. The topological polar surface area (TPSA) is 50.7 Å². The molecule has 4 heteroatoms. The molecule has 0 saturated carbocycles. The summed E-state index contributed by atoms with van der Waals surface area (Å²) in [7, 11) is 0. The summed E-state index contributed by atoms with van der Waals surface area (Å²) in [5.74, 6) is 0.428. The zero-order valence-electron chi connectivity index (χ0n) is 14.6. The molecule has 0 atom stereocenters. The van der Waals surface area contributed by atoms with Crippen molar-refractivity contribution in [3.8, 4) is 5.75 Å². The molecular weight excluding hydrogens is 324 g/mol. The van der Waals surface area contributed by atoms with Gasteiger partial charge in [-0.2, -0.15) is 0 Å². The fraction of sp³-hybridized carbons (Fsp3) is 0.0909. The number of para-hydroxylation sites is 2. The molecule has 0 bridgehead atoms. The Morgan fingerprint density at radius 2 is 1.77 bits per heavy atom. The molecule has 130 valence electrons. The van der Waals surface area contributed by atoms with E-state index >= 15 is 0 Å². The number of ether oxygens (including phenoxy) is 1. The van der Waals surface area contributed by atoms with E-state index in [1.54, 1.807) is 6.21 Å². The molecule has 26 heavy (non-hydrogen) atoms. The molecule has 3 aromatic rings. The normalized spacial score (nSPS) is 10.7. The lowest BCUT2D eigenvalue weighted by molar-refractivity contribution is -0.118. The summed E-state index contributed by atoms with van der Waals surface area (Å²) in [5.41, 5.74) is 3.71. The van der Waals surface area contributed by atoms with Gasteiger partial charge in [-0.3, -0.25) is 9.79 Å². The summed E-state index contributed by atoms with van der Waals surface area (Å²) in [6.07, 6.45) is 1.79. The lowest BCUT2D eigenvalue weighted by Gasteiger charge is -2.08. The van der Waals surface area contributed by atoms with Crippen LogP contribution in [0.15, 0.2) is 83.9 Å². The quantitative estimate of drug-likeness (QED) is 0.655. The standard InChI is InChI=1S/C22H20N2O2/c1-17-8-5-6-13-21(17)23-15-18-9-7-12-20(14-18)26-16-22(25)24-19-10-3-2-4-11-19/h2-15H,16H2,1H3,(H,24,25). The molecule has 4 nitrogen and oxygen atoms in total. The van der Waals surface area contributed by atoms with E-state index in [-0.39, 0.29) is 12.5 Å². The Morgan fingerprint density at radius 3 is 2.58 bits per heavy atom. The number of anilines is 1. The number of benzene rings is 3. The highest BCUT2D eigenvalue weighted by Gasteiger charge is 2.04. The van der Waals surface area contributed by atoms with Crippen LogP contribution in [0.25, 0.3) is 0 Å². The predicted molar refractivity (Wildman–Crippen MR) is 105 cm³/mol. The van der Waals surface area contributed by atoms with Crippen molar-refractivity contribution in [2.45, 2.75) is 6.92 Å². The van der Waals surface area contributed by atoms with Crippen molar-refractivity contribution in [3.63, 3.8) is 0 Å². The molecule has 0 aliphatic heterocycles. The smallest absolute Gasteiger partial charge is 0.262 e. The Balaban J connectivity index is 1.59. The predicted octanol–water partition coefficient (Wildman–Crippen LogP) is 4.76. The molecule has 3 rings (SSSR count). The summed E-state index contributed by atoms with van der Waals surface area (Å²) >= 11 is 0. The van der Waals surface area contributed by atoms with Gasteiger partial charge in [-0.25, -0.2) is 0 Å². The number of carbonyl (C=O) groups excluding carboxylic acids is 1. The van der Waals surface area contributed by atoms with E-state index in [0.29, 0.717) is 5.75 Å². The molecule has 0 aliphatic rings. The van der Waals surface area contributed by atoms with Crippen molar-refractivity contribution >= 4 is 23.5 Å².